The third-order valence-corrected chi connectivity index (χ3v) is 5.74. The van der Waals surface area contributed by atoms with Crippen molar-refractivity contribution < 1.29 is 36.9 Å². The second-order valence-corrected chi connectivity index (χ2v) is 8.15. The molecule has 2 atom stereocenters. The molecule has 0 saturated heterocycles. The lowest BCUT2D eigenvalue weighted by molar-refractivity contribution is -0.265. The number of hydrogen-bond donors (Lipinski definition) is 2. The maximum atomic E-state index is 14.2. The summed E-state index contributed by atoms with van der Waals surface area (Å²) in [5.74, 6) is -1.19. The molecule has 0 bridgehead atoms. The number of nitrogens with one attached hydrogen (secondary N) is 1. The molecule has 1 amide bonds. The van der Waals surface area contributed by atoms with Crippen LogP contribution in [0.4, 0.5) is 17.6 Å². The number of benzene rings is 1. The fourth-order valence-corrected chi connectivity index (χ4v) is 3.69. The Balaban J connectivity index is 1.75. The lowest BCUT2D eigenvalue weighted by Crippen LogP contribution is -2.51. The Morgan fingerprint density at radius 2 is 1.94 bits per heavy atom. The zero-order valence-electron chi connectivity index (χ0n) is 18.7. The number of nitrogens with zero attached hydrogens (tertiary/aromatic N) is 2. The van der Waals surface area contributed by atoms with E-state index in [1.165, 1.54) is 31.5 Å². The summed E-state index contributed by atoms with van der Waals surface area (Å²) in [5.41, 5.74) is -3.53. The van der Waals surface area contributed by atoms with E-state index in [9.17, 15) is 27.5 Å². The first-order chi connectivity index (χ1) is 16.5. The molecule has 35 heavy (non-hydrogen) atoms. The lowest BCUT2D eigenvalue weighted by atomic mass is 9.92. The number of carbonyl (C=O) groups is 1. The van der Waals surface area contributed by atoms with Crippen LogP contribution in [0.3, 0.4) is 0 Å². The number of rotatable bonds is 6. The van der Waals surface area contributed by atoms with E-state index in [1.807, 2.05) is 0 Å². The molecule has 1 aromatic carbocycles. The van der Waals surface area contributed by atoms with Crippen molar-refractivity contribution in [1.29, 1.82) is 0 Å². The Morgan fingerprint density at radius 1 is 1.23 bits per heavy atom. The van der Waals surface area contributed by atoms with Crippen LogP contribution in [-0.2, 0) is 5.60 Å². The molecule has 0 radical (unpaired) electrons. The number of aromatic nitrogens is 2. The molecule has 2 aromatic heterocycles. The average Bonchev–Trinajstić information content (AvgIpc) is 3.22. The van der Waals surface area contributed by atoms with Crippen molar-refractivity contribution in [2.45, 2.75) is 24.6 Å². The molecule has 0 saturated carbocycles. The summed E-state index contributed by atoms with van der Waals surface area (Å²) in [6.45, 7) is 0.753. The van der Waals surface area contributed by atoms with E-state index in [-0.39, 0.29) is 35.3 Å². The Labute approximate surface area is 197 Å². The predicted molar refractivity (Wildman–Crippen MR) is 117 cm³/mol. The molecule has 0 spiro atoms. The molecule has 4 rings (SSSR count). The monoisotopic (exact) mass is 491 g/mol. The molecule has 0 fully saturated rings. The van der Waals surface area contributed by atoms with Crippen molar-refractivity contribution >= 4 is 5.91 Å². The Bertz CT molecular complexity index is 1250. The van der Waals surface area contributed by atoms with Gasteiger partial charge < -0.3 is 19.9 Å². The van der Waals surface area contributed by atoms with Gasteiger partial charge in [-0.25, -0.2) is 9.37 Å². The summed E-state index contributed by atoms with van der Waals surface area (Å²) in [6, 6.07) is 7.44. The zero-order chi connectivity index (χ0) is 25.4. The molecule has 2 N–H and O–H groups in total. The maximum Gasteiger partial charge on any atom is 0.424 e. The number of ether oxygens (including phenoxy) is 2. The van der Waals surface area contributed by atoms with Crippen molar-refractivity contribution in [2.75, 3.05) is 20.3 Å². The van der Waals surface area contributed by atoms with Gasteiger partial charge in [0.05, 0.1) is 37.7 Å². The van der Waals surface area contributed by atoms with Crippen LogP contribution >= 0.6 is 0 Å². The van der Waals surface area contributed by atoms with Gasteiger partial charge >= 0.3 is 6.18 Å². The highest BCUT2D eigenvalue weighted by atomic mass is 19.4. The normalized spacial score (nSPS) is 16.7. The largest absolute Gasteiger partial charge is 0.495 e. The maximum absolute atomic E-state index is 14.2. The molecule has 3 aromatic rings. The summed E-state index contributed by atoms with van der Waals surface area (Å²) in [4.78, 5) is 20.4. The fraction of sp³-hybridized carbons (Fsp3) is 0.292. The molecule has 3 heterocycles. The topological polar surface area (TPSA) is 93.6 Å². The lowest BCUT2D eigenvalue weighted by Gasteiger charge is -2.31. The number of carbonyl (C=O) groups excluding carboxylic acids is 1. The minimum atomic E-state index is -5.20. The van der Waals surface area contributed by atoms with Gasteiger partial charge in [0.1, 0.15) is 23.0 Å². The number of fused-ring (bicyclic) bond motifs is 1. The second-order valence-electron chi connectivity index (χ2n) is 8.15. The summed E-state index contributed by atoms with van der Waals surface area (Å²) in [5, 5.41) is 13.0. The van der Waals surface area contributed by atoms with Gasteiger partial charge in [-0.15, -0.1) is 0 Å². The zero-order valence-corrected chi connectivity index (χ0v) is 18.7. The molecular formula is C24H21F4N3O4. The Hall–Kier alpha value is -3.73. The van der Waals surface area contributed by atoms with Crippen molar-refractivity contribution in [1.82, 2.24) is 15.3 Å². The van der Waals surface area contributed by atoms with Gasteiger partial charge in [-0.1, -0.05) is 6.92 Å². The van der Waals surface area contributed by atoms with Gasteiger partial charge in [-0.3, -0.25) is 9.78 Å². The van der Waals surface area contributed by atoms with Crippen LogP contribution < -0.4 is 14.8 Å². The van der Waals surface area contributed by atoms with E-state index in [0.717, 1.165) is 24.4 Å². The van der Waals surface area contributed by atoms with Crippen LogP contribution in [-0.4, -0.2) is 47.4 Å². The molecule has 184 valence electrons. The minimum absolute atomic E-state index is 0.0350. The third kappa shape index (κ3) is 4.63. The van der Waals surface area contributed by atoms with Crippen LogP contribution in [0.1, 0.15) is 34.5 Å². The fourth-order valence-electron chi connectivity index (χ4n) is 3.69. The van der Waals surface area contributed by atoms with Gasteiger partial charge in [-0.05, 0) is 36.4 Å². The third-order valence-electron chi connectivity index (χ3n) is 5.74. The average molecular weight is 491 g/mol. The van der Waals surface area contributed by atoms with E-state index in [4.69, 9.17) is 9.47 Å². The van der Waals surface area contributed by atoms with Gasteiger partial charge in [0, 0.05) is 23.2 Å². The number of halogens is 4. The van der Waals surface area contributed by atoms with Crippen molar-refractivity contribution in [3.05, 3.63) is 71.4 Å². The summed E-state index contributed by atoms with van der Waals surface area (Å²) in [6.07, 6.45) is -2.71. The molecule has 0 unspecified atom stereocenters. The Kier molecular flexibility index (Phi) is 6.37. The van der Waals surface area contributed by atoms with Crippen molar-refractivity contribution in [3.8, 4) is 22.8 Å². The quantitative estimate of drug-likeness (QED) is 0.507. The first kappa shape index (κ1) is 24.4. The summed E-state index contributed by atoms with van der Waals surface area (Å²) >= 11 is 0. The number of methoxy groups -OCH3 is 1. The number of hydrogen-bond acceptors (Lipinski definition) is 6. The van der Waals surface area contributed by atoms with Gasteiger partial charge in [-0.2, -0.15) is 13.2 Å². The van der Waals surface area contributed by atoms with E-state index in [2.05, 4.69) is 15.3 Å². The van der Waals surface area contributed by atoms with Gasteiger partial charge in [0.2, 0.25) is 5.60 Å². The van der Waals surface area contributed by atoms with Crippen LogP contribution in [0.15, 0.2) is 48.8 Å². The highest BCUT2D eigenvalue weighted by Gasteiger charge is 2.57. The number of amides is 1. The van der Waals surface area contributed by atoms with Crippen LogP contribution in [0.5, 0.6) is 11.5 Å². The SMILES string of the molecule is COc1cncc(C(=O)NC[C@](O)(c2cc3c(c(-c4ccc(F)cc4)n2)OC[C@H]3C)C(F)(F)F)c1. The molecule has 0 aliphatic carbocycles. The molecule has 7 nitrogen and oxygen atoms in total. The first-order valence-electron chi connectivity index (χ1n) is 10.5. The number of aliphatic hydroxyl groups is 1. The predicted octanol–water partition coefficient (Wildman–Crippen LogP) is 3.97. The van der Waals surface area contributed by atoms with Crippen LogP contribution in [0.2, 0.25) is 0 Å². The number of alkyl halides is 3. The molecule has 1 aliphatic rings. The van der Waals surface area contributed by atoms with E-state index >= 15 is 0 Å². The molecule has 1 aliphatic heterocycles. The first-order valence-corrected chi connectivity index (χ1v) is 10.5. The van der Waals surface area contributed by atoms with E-state index in [1.54, 1.807) is 6.92 Å². The summed E-state index contributed by atoms with van der Waals surface area (Å²) < 4.78 is 66.8. The minimum Gasteiger partial charge on any atom is -0.495 e. The Morgan fingerprint density at radius 3 is 2.60 bits per heavy atom. The van der Waals surface area contributed by atoms with Crippen LogP contribution in [0.25, 0.3) is 11.3 Å². The van der Waals surface area contributed by atoms with Gasteiger partial charge in [0.25, 0.3) is 5.91 Å². The highest BCUT2D eigenvalue weighted by Crippen LogP contribution is 2.45. The second kappa shape index (κ2) is 9.14. The molecule has 11 heteroatoms. The number of pyridine rings is 2. The van der Waals surface area contributed by atoms with Crippen molar-refractivity contribution in [3.63, 3.8) is 0 Å². The van der Waals surface area contributed by atoms with Crippen molar-refractivity contribution in [2.24, 2.45) is 0 Å². The van der Waals surface area contributed by atoms with Crippen LogP contribution in [0, 0.1) is 5.82 Å². The summed E-state index contributed by atoms with van der Waals surface area (Å²) in [7, 11) is 1.35. The smallest absolute Gasteiger partial charge is 0.424 e. The van der Waals surface area contributed by atoms with Gasteiger partial charge in [0.15, 0.2) is 0 Å². The highest BCUT2D eigenvalue weighted by molar-refractivity contribution is 5.94. The van der Waals surface area contributed by atoms with E-state index in [0.29, 0.717) is 11.1 Å². The molecular weight excluding hydrogens is 470 g/mol. The standard InChI is InChI=1S/C24H21F4N3O4/c1-13-11-35-21-18(13)8-19(31-20(21)14-3-5-16(25)6-4-14)23(33,24(26,27)28)12-30-22(32)15-7-17(34-2)10-29-9-15/h3-10,13,33H,11-12H2,1-2H3,(H,30,32)/t13-,23+/m1/s1. The van der Waals surface area contributed by atoms with E-state index < -0.39 is 35.7 Å².